The Balaban J connectivity index is 1.41. The lowest BCUT2D eigenvalue weighted by atomic mass is 10.2. The van der Waals surface area contributed by atoms with Gasteiger partial charge in [-0.3, -0.25) is 0 Å². The van der Waals surface area contributed by atoms with Crippen molar-refractivity contribution in [2.45, 2.75) is 13.0 Å². The number of urea groups is 1. The van der Waals surface area contributed by atoms with E-state index in [1.54, 1.807) is 24.7 Å². The maximum Gasteiger partial charge on any atom is 0.319 e. The number of amides is 2. The molecule has 0 bridgehead atoms. The van der Waals surface area contributed by atoms with Crippen LogP contribution in [0.1, 0.15) is 18.7 Å². The molecule has 0 aliphatic carbocycles. The Morgan fingerprint density at radius 2 is 2.00 bits per heavy atom. The van der Waals surface area contributed by atoms with Crippen molar-refractivity contribution in [1.82, 2.24) is 25.1 Å². The van der Waals surface area contributed by atoms with Gasteiger partial charge in [0.15, 0.2) is 0 Å². The predicted octanol–water partition coefficient (Wildman–Crippen LogP) is 3.29. The molecule has 0 aliphatic rings. The average molecular weight is 348 g/mol. The molecular weight excluding hydrogens is 332 g/mol. The van der Waals surface area contributed by atoms with Crippen LogP contribution in [-0.2, 0) is 0 Å². The molecule has 3 aromatic heterocycles. The standard InChI is InChI=1S/C18H16N6O2/c1-12(16-9-13-5-2-3-6-15(13)26-16)22-18(25)23-14-10-21-24(11-14)17-19-7-4-8-20-17/h2-12H,1H3,(H2,22,23,25)/t12-/m0/s1. The van der Waals surface area contributed by atoms with Crippen LogP contribution in [0.25, 0.3) is 16.9 Å². The van der Waals surface area contributed by atoms with Gasteiger partial charge in [-0.15, -0.1) is 0 Å². The van der Waals surface area contributed by atoms with Gasteiger partial charge in [0.2, 0.25) is 5.95 Å². The molecule has 1 atom stereocenters. The van der Waals surface area contributed by atoms with E-state index in [0.29, 0.717) is 17.4 Å². The molecule has 0 unspecified atom stereocenters. The lowest BCUT2D eigenvalue weighted by Crippen LogP contribution is -2.30. The van der Waals surface area contributed by atoms with Gasteiger partial charge < -0.3 is 15.1 Å². The Bertz CT molecular complexity index is 1010. The zero-order valence-electron chi connectivity index (χ0n) is 14.0. The predicted molar refractivity (Wildman–Crippen MR) is 95.9 cm³/mol. The summed E-state index contributed by atoms with van der Waals surface area (Å²) in [4.78, 5) is 20.4. The van der Waals surface area contributed by atoms with Crippen LogP contribution in [0, 0.1) is 0 Å². The number of nitrogens with one attached hydrogen (secondary N) is 2. The summed E-state index contributed by atoms with van der Waals surface area (Å²) in [5.41, 5.74) is 1.33. The lowest BCUT2D eigenvalue weighted by Gasteiger charge is -2.11. The highest BCUT2D eigenvalue weighted by Crippen LogP contribution is 2.23. The van der Waals surface area contributed by atoms with Gasteiger partial charge in [0.1, 0.15) is 11.3 Å². The molecule has 0 saturated carbocycles. The summed E-state index contributed by atoms with van der Waals surface area (Å²) in [6.45, 7) is 1.86. The number of hydrogen-bond donors (Lipinski definition) is 2. The quantitative estimate of drug-likeness (QED) is 0.590. The number of para-hydroxylation sites is 1. The Labute approximate surface area is 148 Å². The topological polar surface area (TPSA) is 97.9 Å². The maximum absolute atomic E-state index is 12.2. The maximum atomic E-state index is 12.2. The molecular formula is C18H16N6O2. The van der Waals surface area contributed by atoms with E-state index in [9.17, 15) is 4.79 Å². The van der Waals surface area contributed by atoms with Crippen LogP contribution < -0.4 is 10.6 Å². The van der Waals surface area contributed by atoms with Gasteiger partial charge in [-0.25, -0.2) is 19.4 Å². The van der Waals surface area contributed by atoms with Crippen molar-refractivity contribution >= 4 is 22.7 Å². The molecule has 0 saturated heterocycles. The summed E-state index contributed by atoms with van der Waals surface area (Å²) in [6.07, 6.45) is 6.42. The number of hydrogen-bond acceptors (Lipinski definition) is 5. The van der Waals surface area contributed by atoms with Crippen molar-refractivity contribution in [2.24, 2.45) is 0 Å². The fraction of sp³-hybridized carbons (Fsp3) is 0.111. The number of fused-ring (bicyclic) bond motifs is 1. The number of furan rings is 1. The number of anilines is 1. The molecule has 4 aromatic rings. The Morgan fingerprint density at radius 3 is 2.81 bits per heavy atom. The Hall–Kier alpha value is -3.68. The highest BCUT2D eigenvalue weighted by atomic mass is 16.3. The van der Waals surface area contributed by atoms with Crippen LogP contribution in [0.15, 0.2) is 65.6 Å². The monoisotopic (exact) mass is 348 g/mol. The number of nitrogens with zero attached hydrogens (tertiary/aromatic N) is 4. The first-order valence-corrected chi connectivity index (χ1v) is 8.07. The molecule has 26 heavy (non-hydrogen) atoms. The number of aromatic nitrogens is 4. The first kappa shape index (κ1) is 15.8. The minimum atomic E-state index is -0.355. The van der Waals surface area contributed by atoms with Crippen LogP contribution in [0.4, 0.5) is 10.5 Å². The summed E-state index contributed by atoms with van der Waals surface area (Å²) in [5, 5.41) is 10.7. The summed E-state index contributed by atoms with van der Waals surface area (Å²) < 4.78 is 7.25. The summed E-state index contributed by atoms with van der Waals surface area (Å²) in [6, 6.07) is 10.7. The van der Waals surface area contributed by atoms with Gasteiger partial charge >= 0.3 is 6.03 Å². The molecule has 0 radical (unpaired) electrons. The van der Waals surface area contributed by atoms with Gasteiger partial charge in [0, 0.05) is 17.8 Å². The molecule has 0 spiro atoms. The largest absolute Gasteiger partial charge is 0.459 e. The van der Waals surface area contributed by atoms with Crippen molar-refractivity contribution in [3.05, 3.63) is 66.9 Å². The normalized spacial score (nSPS) is 12.0. The van der Waals surface area contributed by atoms with Crippen molar-refractivity contribution in [2.75, 3.05) is 5.32 Å². The van der Waals surface area contributed by atoms with E-state index in [-0.39, 0.29) is 12.1 Å². The van der Waals surface area contributed by atoms with Gasteiger partial charge in [0.25, 0.3) is 0 Å². The molecule has 1 aromatic carbocycles. The van der Waals surface area contributed by atoms with Crippen LogP contribution in [0.5, 0.6) is 0 Å². The van der Waals surface area contributed by atoms with E-state index >= 15 is 0 Å². The third-order valence-corrected chi connectivity index (χ3v) is 3.82. The van der Waals surface area contributed by atoms with Crippen LogP contribution in [0.3, 0.4) is 0 Å². The summed E-state index contributed by atoms with van der Waals surface area (Å²) >= 11 is 0. The molecule has 130 valence electrons. The smallest absolute Gasteiger partial charge is 0.319 e. The third-order valence-electron chi connectivity index (χ3n) is 3.82. The second-order valence-corrected chi connectivity index (χ2v) is 5.73. The van der Waals surface area contributed by atoms with Gasteiger partial charge in [-0.05, 0) is 25.1 Å². The second-order valence-electron chi connectivity index (χ2n) is 5.73. The molecule has 8 heteroatoms. The zero-order chi connectivity index (χ0) is 17.9. The summed E-state index contributed by atoms with van der Waals surface area (Å²) in [5.74, 6) is 1.12. The van der Waals surface area contributed by atoms with Crippen molar-refractivity contribution in [1.29, 1.82) is 0 Å². The fourth-order valence-electron chi connectivity index (χ4n) is 2.56. The van der Waals surface area contributed by atoms with Crippen molar-refractivity contribution < 1.29 is 9.21 Å². The molecule has 8 nitrogen and oxygen atoms in total. The first-order chi connectivity index (χ1) is 12.7. The van der Waals surface area contributed by atoms with E-state index < -0.39 is 0 Å². The van der Waals surface area contributed by atoms with E-state index in [2.05, 4.69) is 25.7 Å². The number of carbonyl (C=O) groups excluding carboxylic acids is 1. The van der Waals surface area contributed by atoms with Gasteiger partial charge in [-0.2, -0.15) is 5.10 Å². The van der Waals surface area contributed by atoms with Crippen LogP contribution in [0.2, 0.25) is 0 Å². The molecule has 3 heterocycles. The molecule has 2 N–H and O–H groups in total. The van der Waals surface area contributed by atoms with E-state index in [0.717, 1.165) is 11.0 Å². The van der Waals surface area contributed by atoms with E-state index in [1.807, 2.05) is 37.3 Å². The molecule has 0 fully saturated rings. The lowest BCUT2D eigenvalue weighted by molar-refractivity contribution is 0.248. The molecule has 4 rings (SSSR count). The highest BCUT2D eigenvalue weighted by Gasteiger charge is 2.15. The number of rotatable bonds is 4. The molecule has 0 aliphatic heterocycles. The zero-order valence-corrected chi connectivity index (χ0v) is 14.0. The van der Waals surface area contributed by atoms with Crippen molar-refractivity contribution in [3.63, 3.8) is 0 Å². The Morgan fingerprint density at radius 1 is 1.19 bits per heavy atom. The van der Waals surface area contributed by atoms with Crippen LogP contribution >= 0.6 is 0 Å². The van der Waals surface area contributed by atoms with Crippen molar-refractivity contribution in [3.8, 4) is 5.95 Å². The van der Waals surface area contributed by atoms with Gasteiger partial charge in [0.05, 0.1) is 24.1 Å². The fourth-order valence-corrected chi connectivity index (χ4v) is 2.56. The minimum absolute atomic E-state index is 0.282. The first-order valence-electron chi connectivity index (χ1n) is 8.07. The SMILES string of the molecule is C[C@H](NC(=O)Nc1cnn(-c2ncccn2)c1)c1cc2ccccc2o1. The molecule has 2 amide bonds. The second kappa shape index (κ2) is 6.67. The summed E-state index contributed by atoms with van der Waals surface area (Å²) in [7, 11) is 0. The number of benzene rings is 1. The third kappa shape index (κ3) is 3.25. The minimum Gasteiger partial charge on any atom is -0.459 e. The van der Waals surface area contributed by atoms with Crippen LogP contribution in [-0.4, -0.2) is 25.8 Å². The Kier molecular flexibility index (Phi) is 4.06. The van der Waals surface area contributed by atoms with Gasteiger partial charge in [-0.1, -0.05) is 18.2 Å². The average Bonchev–Trinajstić information content (AvgIpc) is 3.29. The van der Waals surface area contributed by atoms with E-state index in [4.69, 9.17) is 4.42 Å². The van der Waals surface area contributed by atoms with E-state index in [1.165, 1.54) is 10.9 Å². The number of carbonyl (C=O) groups is 1. The highest BCUT2D eigenvalue weighted by molar-refractivity contribution is 5.89.